The van der Waals surface area contributed by atoms with E-state index in [0.29, 0.717) is 16.8 Å². The van der Waals surface area contributed by atoms with Gasteiger partial charge >= 0.3 is 0 Å². The number of phenols is 2. The summed E-state index contributed by atoms with van der Waals surface area (Å²) in [6.45, 7) is 0. The molecule has 2 aromatic rings. The van der Waals surface area contributed by atoms with E-state index in [1.807, 2.05) is 0 Å². The van der Waals surface area contributed by atoms with Crippen LogP contribution in [0.4, 0.5) is 5.69 Å². The molecule has 0 spiro atoms. The molecule has 0 fully saturated rings. The quantitative estimate of drug-likeness (QED) is 0.385. The van der Waals surface area contributed by atoms with Gasteiger partial charge in [-0.3, -0.25) is 4.79 Å². The zero-order chi connectivity index (χ0) is 14.5. The van der Waals surface area contributed by atoms with Gasteiger partial charge in [0.25, 0.3) is 5.91 Å². The highest BCUT2D eigenvalue weighted by Gasteiger charge is 2.03. The Balaban J connectivity index is 2.02. The summed E-state index contributed by atoms with van der Waals surface area (Å²) in [5.74, 6) is -0.569. The molecule has 0 heterocycles. The molecule has 0 radical (unpaired) electrons. The third-order valence-electron chi connectivity index (χ3n) is 2.56. The molecule has 0 bridgehead atoms. The third-order valence-corrected chi connectivity index (χ3v) is 2.56. The second-order valence-corrected chi connectivity index (χ2v) is 4.06. The van der Waals surface area contributed by atoms with Crippen molar-refractivity contribution < 1.29 is 15.0 Å². The molecule has 5 N–H and O–H groups in total. The highest BCUT2D eigenvalue weighted by molar-refractivity contribution is 5.95. The first-order valence-electron chi connectivity index (χ1n) is 5.77. The Bertz CT molecular complexity index is 651. The molecule has 0 aromatic heterocycles. The summed E-state index contributed by atoms with van der Waals surface area (Å²) >= 11 is 0. The number of phenolic OH excluding ortho intramolecular Hbond substituents is 2. The minimum absolute atomic E-state index is 0.0504. The van der Waals surface area contributed by atoms with Gasteiger partial charge in [0, 0.05) is 22.9 Å². The van der Waals surface area contributed by atoms with E-state index in [1.54, 1.807) is 24.3 Å². The lowest BCUT2D eigenvalue weighted by Gasteiger charge is -2.01. The lowest BCUT2D eigenvalue weighted by Crippen LogP contribution is -2.17. The van der Waals surface area contributed by atoms with Crippen molar-refractivity contribution in [1.82, 2.24) is 5.43 Å². The molecular formula is C14H13N3O3. The molecule has 0 saturated carbocycles. The molecule has 6 heteroatoms. The van der Waals surface area contributed by atoms with Crippen molar-refractivity contribution in [3.8, 4) is 11.5 Å². The van der Waals surface area contributed by atoms with E-state index in [-0.39, 0.29) is 17.4 Å². The van der Waals surface area contributed by atoms with Crippen molar-refractivity contribution in [1.29, 1.82) is 0 Å². The SMILES string of the molecule is Nc1ccc(C(=O)N/N=C/c2ccc(O)cc2O)cc1. The van der Waals surface area contributed by atoms with E-state index in [2.05, 4.69) is 10.5 Å². The smallest absolute Gasteiger partial charge is 0.271 e. The largest absolute Gasteiger partial charge is 0.508 e. The Morgan fingerprint density at radius 1 is 1.15 bits per heavy atom. The lowest BCUT2D eigenvalue weighted by molar-refractivity contribution is 0.0955. The number of hydrogen-bond donors (Lipinski definition) is 4. The number of carbonyl (C=O) groups is 1. The van der Waals surface area contributed by atoms with Crippen LogP contribution < -0.4 is 11.2 Å². The summed E-state index contributed by atoms with van der Waals surface area (Å²) in [6.07, 6.45) is 1.28. The van der Waals surface area contributed by atoms with Crippen LogP contribution in [0.3, 0.4) is 0 Å². The highest BCUT2D eigenvalue weighted by Crippen LogP contribution is 2.20. The van der Waals surface area contributed by atoms with E-state index in [9.17, 15) is 9.90 Å². The van der Waals surface area contributed by atoms with Crippen LogP contribution in [0.1, 0.15) is 15.9 Å². The van der Waals surface area contributed by atoms with Gasteiger partial charge in [0.2, 0.25) is 0 Å². The van der Waals surface area contributed by atoms with E-state index in [0.717, 1.165) is 0 Å². The zero-order valence-corrected chi connectivity index (χ0v) is 10.4. The lowest BCUT2D eigenvalue weighted by atomic mass is 10.2. The number of hydrazone groups is 1. The zero-order valence-electron chi connectivity index (χ0n) is 10.4. The number of nitrogens with one attached hydrogen (secondary N) is 1. The maximum atomic E-state index is 11.7. The summed E-state index contributed by atoms with van der Waals surface area (Å²) in [5, 5.41) is 22.4. The second kappa shape index (κ2) is 5.75. The summed E-state index contributed by atoms with van der Waals surface area (Å²) < 4.78 is 0. The topological polar surface area (TPSA) is 108 Å². The Kier molecular flexibility index (Phi) is 3.85. The number of anilines is 1. The number of amides is 1. The fourth-order valence-corrected chi connectivity index (χ4v) is 1.50. The molecule has 0 aliphatic rings. The Hall–Kier alpha value is -3.02. The first-order valence-corrected chi connectivity index (χ1v) is 5.77. The van der Waals surface area contributed by atoms with Gasteiger partial charge in [0.15, 0.2) is 0 Å². The number of aromatic hydroxyl groups is 2. The average Bonchev–Trinajstić information content (AvgIpc) is 2.42. The minimum atomic E-state index is -0.389. The van der Waals surface area contributed by atoms with Gasteiger partial charge < -0.3 is 15.9 Å². The van der Waals surface area contributed by atoms with Gasteiger partial charge in [-0.15, -0.1) is 0 Å². The molecular weight excluding hydrogens is 258 g/mol. The average molecular weight is 271 g/mol. The predicted molar refractivity (Wildman–Crippen MR) is 75.7 cm³/mol. The van der Waals surface area contributed by atoms with Gasteiger partial charge in [0.1, 0.15) is 11.5 Å². The maximum Gasteiger partial charge on any atom is 0.271 e. The molecule has 1 amide bonds. The van der Waals surface area contributed by atoms with Gasteiger partial charge in [-0.05, 0) is 36.4 Å². The Labute approximate surface area is 115 Å². The molecule has 2 aromatic carbocycles. The first-order chi connectivity index (χ1) is 9.56. The fraction of sp³-hybridized carbons (Fsp3) is 0. The monoisotopic (exact) mass is 271 g/mol. The van der Waals surface area contributed by atoms with E-state index < -0.39 is 0 Å². The van der Waals surface area contributed by atoms with Gasteiger partial charge in [-0.1, -0.05) is 0 Å². The standard InChI is InChI=1S/C14H13N3O3/c15-11-4-1-9(2-5-11)14(20)17-16-8-10-3-6-12(18)7-13(10)19/h1-8,18-19H,15H2,(H,17,20)/b16-8+. The van der Waals surface area contributed by atoms with Crippen LogP contribution in [0.15, 0.2) is 47.6 Å². The van der Waals surface area contributed by atoms with Crippen LogP contribution in [0, 0.1) is 0 Å². The molecule has 0 atom stereocenters. The van der Waals surface area contributed by atoms with Gasteiger partial charge in [-0.2, -0.15) is 5.10 Å². The highest BCUT2D eigenvalue weighted by atomic mass is 16.3. The van der Waals surface area contributed by atoms with Crippen LogP contribution in [-0.2, 0) is 0 Å². The van der Waals surface area contributed by atoms with Crippen molar-refractivity contribution in [2.24, 2.45) is 5.10 Å². The van der Waals surface area contributed by atoms with Crippen molar-refractivity contribution in [3.05, 3.63) is 53.6 Å². The summed E-state index contributed by atoms with van der Waals surface area (Å²) in [7, 11) is 0. The summed E-state index contributed by atoms with van der Waals surface area (Å²) in [6, 6.07) is 10.5. The summed E-state index contributed by atoms with van der Waals surface area (Å²) in [4.78, 5) is 11.7. The predicted octanol–water partition coefficient (Wildman–Crippen LogP) is 1.44. The number of carbonyl (C=O) groups excluding carboxylic acids is 1. The number of nitrogens with two attached hydrogens (primary N) is 1. The number of benzene rings is 2. The normalized spacial score (nSPS) is 10.6. The van der Waals surface area contributed by atoms with Crippen LogP contribution in [-0.4, -0.2) is 22.3 Å². The fourth-order valence-electron chi connectivity index (χ4n) is 1.50. The van der Waals surface area contributed by atoms with Crippen LogP contribution in [0.5, 0.6) is 11.5 Å². The third kappa shape index (κ3) is 3.26. The van der Waals surface area contributed by atoms with Crippen molar-refractivity contribution in [2.75, 3.05) is 5.73 Å². The molecule has 0 aliphatic carbocycles. The molecule has 0 aliphatic heterocycles. The second-order valence-electron chi connectivity index (χ2n) is 4.06. The molecule has 20 heavy (non-hydrogen) atoms. The summed E-state index contributed by atoms with van der Waals surface area (Å²) in [5.41, 5.74) is 9.21. The molecule has 102 valence electrons. The first kappa shape index (κ1) is 13.4. The van der Waals surface area contributed by atoms with E-state index in [1.165, 1.54) is 24.4 Å². The Morgan fingerprint density at radius 2 is 1.85 bits per heavy atom. The molecule has 0 saturated heterocycles. The molecule has 0 unspecified atom stereocenters. The van der Waals surface area contributed by atoms with Crippen molar-refractivity contribution in [3.63, 3.8) is 0 Å². The van der Waals surface area contributed by atoms with Gasteiger partial charge in [-0.25, -0.2) is 5.43 Å². The minimum Gasteiger partial charge on any atom is -0.508 e. The van der Waals surface area contributed by atoms with Crippen molar-refractivity contribution in [2.45, 2.75) is 0 Å². The molecule has 2 rings (SSSR count). The maximum absolute atomic E-state index is 11.7. The number of nitrogens with zero attached hydrogens (tertiary/aromatic N) is 1. The molecule has 6 nitrogen and oxygen atoms in total. The van der Waals surface area contributed by atoms with Crippen molar-refractivity contribution >= 4 is 17.8 Å². The number of hydrogen-bond acceptors (Lipinski definition) is 5. The van der Waals surface area contributed by atoms with Crippen LogP contribution in [0.25, 0.3) is 0 Å². The van der Waals surface area contributed by atoms with E-state index >= 15 is 0 Å². The van der Waals surface area contributed by atoms with Crippen LogP contribution >= 0.6 is 0 Å². The van der Waals surface area contributed by atoms with E-state index in [4.69, 9.17) is 10.8 Å². The Morgan fingerprint density at radius 3 is 2.50 bits per heavy atom. The van der Waals surface area contributed by atoms with Gasteiger partial charge in [0.05, 0.1) is 6.21 Å². The number of nitrogen functional groups attached to an aromatic ring is 1. The number of rotatable bonds is 3. The van der Waals surface area contributed by atoms with Crippen LogP contribution in [0.2, 0.25) is 0 Å².